The molecule has 190 valence electrons. The number of nitrogens with zero attached hydrogens (tertiary/aromatic N) is 3. The maximum absolute atomic E-state index is 13.7. The molecule has 2 heterocycles. The van der Waals surface area contributed by atoms with Crippen LogP contribution in [0.15, 0.2) is 76.2 Å². The first-order valence-electron chi connectivity index (χ1n) is 11.1. The van der Waals surface area contributed by atoms with Crippen molar-refractivity contribution in [1.29, 1.82) is 0 Å². The fraction of sp³-hybridized carbons (Fsp3) is 0.192. The highest BCUT2D eigenvalue weighted by molar-refractivity contribution is 7.07. The lowest BCUT2D eigenvalue weighted by Gasteiger charge is -2.25. The Kier molecular flexibility index (Phi) is 7.35. The van der Waals surface area contributed by atoms with E-state index in [1.807, 2.05) is 0 Å². The van der Waals surface area contributed by atoms with Gasteiger partial charge in [-0.25, -0.2) is 9.79 Å². The third-order valence-electron chi connectivity index (χ3n) is 5.71. The summed E-state index contributed by atoms with van der Waals surface area (Å²) >= 11 is 1.08. The second-order valence-corrected chi connectivity index (χ2v) is 8.91. The van der Waals surface area contributed by atoms with Gasteiger partial charge in [0.1, 0.15) is 6.61 Å². The summed E-state index contributed by atoms with van der Waals surface area (Å²) in [5.74, 6) is 0.237. The lowest BCUT2D eigenvalue weighted by molar-refractivity contribution is -0.385. The van der Waals surface area contributed by atoms with Crippen molar-refractivity contribution in [2.24, 2.45) is 4.99 Å². The third kappa shape index (κ3) is 4.81. The van der Waals surface area contributed by atoms with Gasteiger partial charge in [-0.05, 0) is 36.8 Å². The van der Waals surface area contributed by atoms with E-state index in [0.29, 0.717) is 27.6 Å². The molecule has 0 bridgehead atoms. The number of thiazole rings is 1. The lowest BCUT2D eigenvalue weighted by atomic mass is 9.95. The average molecular weight is 522 g/mol. The first kappa shape index (κ1) is 25.6. The molecule has 1 aliphatic rings. The number of aromatic nitrogens is 1. The highest BCUT2D eigenvalue weighted by atomic mass is 32.1. The van der Waals surface area contributed by atoms with E-state index >= 15 is 0 Å². The topological polar surface area (TPSA) is 122 Å². The number of nitro benzene ring substituents is 1. The van der Waals surface area contributed by atoms with Gasteiger partial charge in [-0.1, -0.05) is 42.2 Å². The van der Waals surface area contributed by atoms with Crippen LogP contribution in [-0.4, -0.2) is 36.3 Å². The number of carbonyl (C=O) groups excluding carboxylic acids is 1. The van der Waals surface area contributed by atoms with Crippen LogP contribution in [0.2, 0.25) is 0 Å². The molecule has 1 aromatic heterocycles. The number of hydrogen-bond acceptors (Lipinski definition) is 9. The monoisotopic (exact) mass is 521 g/mol. The minimum atomic E-state index is -0.876. The predicted octanol–water partition coefficient (Wildman–Crippen LogP) is 2.89. The molecule has 0 saturated carbocycles. The highest BCUT2D eigenvalue weighted by Gasteiger charge is 2.33. The first-order valence-corrected chi connectivity index (χ1v) is 11.9. The zero-order chi connectivity index (χ0) is 26.7. The van der Waals surface area contributed by atoms with Crippen LogP contribution >= 0.6 is 11.3 Å². The van der Waals surface area contributed by atoms with Crippen LogP contribution in [0.4, 0.5) is 5.69 Å². The van der Waals surface area contributed by atoms with Crippen LogP contribution < -0.4 is 24.4 Å². The zero-order valence-corrected chi connectivity index (χ0v) is 21.1. The molecule has 0 spiro atoms. The van der Waals surface area contributed by atoms with Crippen LogP contribution in [0.5, 0.6) is 11.5 Å². The molecule has 0 saturated heterocycles. The number of hydrogen-bond donors (Lipinski definition) is 0. The molecule has 1 atom stereocenters. The number of rotatable bonds is 8. The zero-order valence-electron chi connectivity index (χ0n) is 20.3. The molecule has 0 amide bonds. The second-order valence-electron chi connectivity index (χ2n) is 7.90. The number of ether oxygens (including phenoxy) is 3. The Bertz CT molecular complexity index is 1620. The Balaban J connectivity index is 1.96. The Morgan fingerprint density at radius 2 is 2.00 bits per heavy atom. The quantitative estimate of drug-likeness (QED) is 0.193. The van der Waals surface area contributed by atoms with E-state index in [4.69, 9.17) is 14.2 Å². The van der Waals surface area contributed by atoms with E-state index in [2.05, 4.69) is 11.6 Å². The fourth-order valence-corrected chi connectivity index (χ4v) is 5.08. The predicted molar refractivity (Wildman–Crippen MR) is 138 cm³/mol. The summed E-state index contributed by atoms with van der Waals surface area (Å²) in [5.41, 5.74) is 0.845. The van der Waals surface area contributed by atoms with Crippen molar-refractivity contribution in [2.45, 2.75) is 13.0 Å². The van der Waals surface area contributed by atoms with Crippen molar-refractivity contribution in [2.75, 3.05) is 20.8 Å². The Morgan fingerprint density at radius 3 is 2.68 bits per heavy atom. The Morgan fingerprint density at radius 1 is 1.24 bits per heavy atom. The van der Waals surface area contributed by atoms with E-state index in [-0.39, 0.29) is 28.0 Å². The summed E-state index contributed by atoms with van der Waals surface area (Å²) < 4.78 is 17.8. The van der Waals surface area contributed by atoms with E-state index in [1.165, 1.54) is 30.9 Å². The molecule has 1 unspecified atom stereocenters. The van der Waals surface area contributed by atoms with Gasteiger partial charge in [-0.3, -0.25) is 19.5 Å². The molecule has 0 fully saturated rings. The molecular weight excluding hydrogens is 498 g/mol. The number of para-hydroxylation sites is 1. The molecular formula is C26H23N3O7S. The third-order valence-corrected chi connectivity index (χ3v) is 6.69. The number of nitro groups is 1. The van der Waals surface area contributed by atoms with Gasteiger partial charge in [0.05, 0.1) is 46.6 Å². The normalized spacial score (nSPS) is 15.0. The number of methoxy groups -OCH3 is 2. The molecule has 10 nitrogen and oxygen atoms in total. The van der Waals surface area contributed by atoms with Crippen molar-refractivity contribution >= 4 is 29.1 Å². The maximum Gasteiger partial charge on any atom is 0.338 e. The molecule has 3 aromatic rings. The SMILES string of the molecule is C=CCOc1ccc(C2C(C(=O)OC)=C(C)N=c3s/c(=C\c4ccccc4[N+](=O)[O-])c(=O)n32)cc1OC. The largest absolute Gasteiger partial charge is 0.493 e. The van der Waals surface area contributed by atoms with Crippen molar-refractivity contribution in [3.63, 3.8) is 0 Å². The Hall–Kier alpha value is -4.51. The molecule has 11 heteroatoms. The van der Waals surface area contributed by atoms with E-state index < -0.39 is 22.5 Å². The molecule has 0 N–H and O–H groups in total. The number of esters is 1. The van der Waals surface area contributed by atoms with Gasteiger partial charge < -0.3 is 14.2 Å². The number of fused-ring (bicyclic) bond motifs is 1. The van der Waals surface area contributed by atoms with Gasteiger partial charge in [-0.2, -0.15) is 0 Å². The summed E-state index contributed by atoms with van der Waals surface area (Å²) in [4.78, 5) is 42.3. The summed E-state index contributed by atoms with van der Waals surface area (Å²) in [6, 6.07) is 10.4. The smallest absolute Gasteiger partial charge is 0.338 e. The van der Waals surface area contributed by atoms with Crippen molar-refractivity contribution in [3.8, 4) is 11.5 Å². The van der Waals surface area contributed by atoms with E-state index in [9.17, 15) is 19.7 Å². The standard InChI is InChI=1S/C26H23N3O7S/c1-5-12-36-19-11-10-17(13-20(19)34-3)23-22(25(31)35-4)15(2)27-26-28(23)24(30)21(37-26)14-16-8-6-7-9-18(16)29(32)33/h5-11,13-14,23H,1,12H2,2-4H3/b21-14-. The summed E-state index contributed by atoms with van der Waals surface area (Å²) in [6.45, 7) is 5.57. The Labute approximate surface area is 215 Å². The van der Waals surface area contributed by atoms with Crippen LogP contribution in [0.1, 0.15) is 24.1 Å². The number of allylic oxidation sites excluding steroid dienone is 1. The number of benzene rings is 2. The molecule has 0 radical (unpaired) electrons. The molecule has 4 rings (SSSR count). The molecule has 37 heavy (non-hydrogen) atoms. The highest BCUT2D eigenvalue weighted by Crippen LogP contribution is 2.36. The first-order chi connectivity index (χ1) is 17.8. The average Bonchev–Trinajstić information content (AvgIpc) is 3.20. The van der Waals surface area contributed by atoms with Gasteiger partial charge in [0.2, 0.25) is 0 Å². The van der Waals surface area contributed by atoms with Crippen molar-refractivity contribution in [1.82, 2.24) is 4.57 Å². The lowest BCUT2D eigenvalue weighted by Crippen LogP contribution is -2.39. The fourth-order valence-electron chi connectivity index (χ4n) is 4.05. The van der Waals surface area contributed by atoms with Crippen LogP contribution in [0.25, 0.3) is 6.08 Å². The van der Waals surface area contributed by atoms with Crippen LogP contribution in [-0.2, 0) is 9.53 Å². The van der Waals surface area contributed by atoms with Crippen molar-refractivity contribution < 1.29 is 23.9 Å². The minimum absolute atomic E-state index is 0.129. The summed E-state index contributed by atoms with van der Waals surface area (Å²) in [5, 5.41) is 11.5. The summed E-state index contributed by atoms with van der Waals surface area (Å²) in [7, 11) is 2.74. The van der Waals surface area contributed by atoms with Gasteiger partial charge in [0.15, 0.2) is 16.3 Å². The molecule has 2 aromatic carbocycles. The summed E-state index contributed by atoms with van der Waals surface area (Å²) in [6.07, 6.45) is 3.06. The van der Waals surface area contributed by atoms with E-state index in [0.717, 1.165) is 11.3 Å². The second kappa shape index (κ2) is 10.6. The van der Waals surface area contributed by atoms with Crippen molar-refractivity contribution in [3.05, 3.63) is 107 Å². The van der Waals surface area contributed by atoms with Crippen LogP contribution in [0, 0.1) is 10.1 Å². The maximum atomic E-state index is 13.7. The van der Waals surface area contributed by atoms with E-state index in [1.54, 1.807) is 49.4 Å². The van der Waals surface area contributed by atoms with Gasteiger partial charge in [0.25, 0.3) is 11.2 Å². The molecule has 1 aliphatic heterocycles. The van der Waals surface area contributed by atoms with Gasteiger partial charge in [0, 0.05) is 6.07 Å². The van der Waals surface area contributed by atoms with Gasteiger partial charge in [-0.15, -0.1) is 0 Å². The number of carbonyl (C=O) groups is 1. The minimum Gasteiger partial charge on any atom is -0.493 e. The van der Waals surface area contributed by atoms with Crippen LogP contribution in [0.3, 0.4) is 0 Å². The van der Waals surface area contributed by atoms with Gasteiger partial charge >= 0.3 is 5.97 Å². The molecule has 0 aliphatic carbocycles.